The topological polar surface area (TPSA) is 96.7 Å². The summed E-state index contributed by atoms with van der Waals surface area (Å²) < 4.78 is 14.6. The molecule has 3 rings (SSSR count). The van der Waals surface area contributed by atoms with E-state index in [1.165, 1.54) is 28.6 Å². The Bertz CT molecular complexity index is 1080. The summed E-state index contributed by atoms with van der Waals surface area (Å²) in [7, 11) is 0. The van der Waals surface area contributed by atoms with Crippen molar-refractivity contribution >= 4 is 35.1 Å². The summed E-state index contributed by atoms with van der Waals surface area (Å²) in [6.45, 7) is 0.467. The zero-order chi connectivity index (χ0) is 22.2. The first-order chi connectivity index (χ1) is 15.0. The second kappa shape index (κ2) is 10.8. The number of halogens is 2. The van der Waals surface area contributed by atoms with Crippen molar-refractivity contribution < 1.29 is 9.18 Å². The minimum absolute atomic E-state index is 0.0455. The molecule has 0 aliphatic heterocycles. The number of nitrogens with one attached hydrogen (secondary N) is 1. The molecule has 1 heterocycles. The fourth-order valence-electron chi connectivity index (χ4n) is 2.93. The van der Waals surface area contributed by atoms with E-state index in [9.17, 15) is 14.4 Å². The van der Waals surface area contributed by atoms with Crippen LogP contribution in [0.25, 0.3) is 5.69 Å². The molecule has 1 aromatic heterocycles. The van der Waals surface area contributed by atoms with Crippen LogP contribution in [0.15, 0.2) is 48.5 Å². The number of nitriles is 1. The highest BCUT2D eigenvalue weighted by Crippen LogP contribution is 2.22. The highest BCUT2D eigenvalue weighted by atomic mass is 35.5. The van der Waals surface area contributed by atoms with Gasteiger partial charge in [0, 0.05) is 17.3 Å². The Morgan fingerprint density at radius 2 is 1.94 bits per heavy atom. The lowest BCUT2D eigenvalue weighted by Gasteiger charge is -2.05. The van der Waals surface area contributed by atoms with Gasteiger partial charge in [0.05, 0.1) is 17.1 Å². The maximum Gasteiger partial charge on any atom is 0.230 e. The summed E-state index contributed by atoms with van der Waals surface area (Å²) in [5.74, 6) is 0.897. The molecule has 3 aromatic rings. The lowest BCUT2D eigenvalue weighted by Crippen LogP contribution is -2.26. The van der Waals surface area contributed by atoms with Crippen LogP contribution in [-0.2, 0) is 17.0 Å². The van der Waals surface area contributed by atoms with Gasteiger partial charge in [-0.1, -0.05) is 23.7 Å². The van der Waals surface area contributed by atoms with E-state index in [1.807, 2.05) is 24.3 Å². The zero-order valence-electron chi connectivity index (χ0n) is 16.6. The number of nitrogens with zero attached hydrogens (tertiary/aromatic N) is 3. The summed E-state index contributed by atoms with van der Waals surface area (Å²) in [4.78, 5) is 12.0. The van der Waals surface area contributed by atoms with E-state index in [-0.39, 0.29) is 17.5 Å². The monoisotopic (exact) mass is 457 g/mol. The molecule has 0 radical (unpaired) electrons. The largest absolute Gasteiger partial charge is 0.382 e. The van der Waals surface area contributed by atoms with Crippen molar-refractivity contribution in [1.82, 2.24) is 15.1 Å². The molecule has 9 heteroatoms. The van der Waals surface area contributed by atoms with E-state index < -0.39 is 0 Å². The highest BCUT2D eigenvalue weighted by molar-refractivity contribution is 7.99. The molecule has 0 aliphatic rings. The van der Waals surface area contributed by atoms with Crippen molar-refractivity contribution in [1.29, 1.82) is 5.26 Å². The first-order valence-corrected chi connectivity index (χ1v) is 11.1. The van der Waals surface area contributed by atoms with Crippen LogP contribution in [0.2, 0.25) is 5.02 Å². The number of benzene rings is 2. The van der Waals surface area contributed by atoms with E-state index in [0.717, 1.165) is 11.3 Å². The molecule has 0 spiro atoms. The Morgan fingerprint density at radius 3 is 2.61 bits per heavy atom. The van der Waals surface area contributed by atoms with Gasteiger partial charge in [-0.15, -0.1) is 11.8 Å². The number of hydrogen-bond acceptors (Lipinski definition) is 5. The average Bonchev–Trinajstić information content (AvgIpc) is 3.08. The number of nitrogens with two attached hydrogens (primary N) is 1. The third kappa shape index (κ3) is 6.23. The van der Waals surface area contributed by atoms with Gasteiger partial charge < -0.3 is 11.1 Å². The number of aromatic nitrogens is 2. The Hall–Kier alpha value is -3.02. The maximum atomic E-state index is 13.1. The van der Waals surface area contributed by atoms with E-state index in [0.29, 0.717) is 47.1 Å². The minimum Gasteiger partial charge on any atom is -0.382 e. The number of hydrogen-bond donors (Lipinski definition) is 2. The lowest BCUT2D eigenvalue weighted by atomic mass is 10.1. The van der Waals surface area contributed by atoms with Crippen molar-refractivity contribution in [3.8, 4) is 11.8 Å². The molecule has 2 aromatic carbocycles. The van der Waals surface area contributed by atoms with Crippen LogP contribution in [0.3, 0.4) is 0 Å². The molecule has 0 bridgehead atoms. The smallest absolute Gasteiger partial charge is 0.230 e. The van der Waals surface area contributed by atoms with Crippen LogP contribution in [-0.4, -0.2) is 28.0 Å². The molecule has 0 fully saturated rings. The maximum absolute atomic E-state index is 13.1. The number of carbonyl (C=O) groups is 1. The molecule has 3 N–H and O–H groups in total. The summed E-state index contributed by atoms with van der Waals surface area (Å²) in [5, 5.41) is 17.4. The molecule has 0 aliphatic carbocycles. The number of aryl methyl sites for hydroxylation is 1. The number of nitrogen functional groups attached to an aromatic ring is 1. The number of rotatable bonds is 9. The predicted octanol–water partition coefficient (Wildman–Crippen LogP) is 4.10. The van der Waals surface area contributed by atoms with Gasteiger partial charge >= 0.3 is 0 Å². The van der Waals surface area contributed by atoms with Gasteiger partial charge in [-0.3, -0.25) is 4.79 Å². The summed E-state index contributed by atoms with van der Waals surface area (Å²) in [5.41, 5.74) is 8.59. The molecule has 0 saturated carbocycles. The van der Waals surface area contributed by atoms with E-state index >= 15 is 0 Å². The third-order valence-electron chi connectivity index (χ3n) is 4.50. The molecule has 160 valence electrons. The number of carbonyl (C=O) groups excluding carboxylic acids is 1. The fraction of sp³-hybridized carbons (Fsp3) is 0.227. The first kappa shape index (κ1) is 22.7. The van der Waals surface area contributed by atoms with Gasteiger partial charge in [-0.25, -0.2) is 9.07 Å². The third-order valence-corrected chi connectivity index (χ3v) is 5.76. The Labute approximate surface area is 189 Å². The number of thioether (sulfide) groups is 1. The van der Waals surface area contributed by atoms with Crippen molar-refractivity contribution in [2.24, 2.45) is 0 Å². The fourth-order valence-corrected chi connectivity index (χ4v) is 3.87. The van der Waals surface area contributed by atoms with Gasteiger partial charge in [0.15, 0.2) is 0 Å². The molecular formula is C22H21ClFN5OS. The summed E-state index contributed by atoms with van der Waals surface area (Å²) >= 11 is 7.39. The molecule has 0 unspecified atom stereocenters. The van der Waals surface area contributed by atoms with Crippen LogP contribution < -0.4 is 11.1 Å². The summed E-state index contributed by atoms with van der Waals surface area (Å²) in [6.07, 6.45) is 1.10. The van der Waals surface area contributed by atoms with Gasteiger partial charge in [0.1, 0.15) is 23.3 Å². The molecule has 31 heavy (non-hydrogen) atoms. The van der Waals surface area contributed by atoms with Crippen molar-refractivity contribution in [3.63, 3.8) is 0 Å². The molecular weight excluding hydrogens is 437 g/mol. The molecule has 0 saturated heterocycles. The van der Waals surface area contributed by atoms with Gasteiger partial charge in [-0.2, -0.15) is 10.4 Å². The van der Waals surface area contributed by atoms with E-state index in [4.69, 9.17) is 17.3 Å². The average molecular weight is 458 g/mol. The Balaban J connectivity index is 1.46. The second-order valence-electron chi connectivity index (χ2n) is 6.78. The van der Waals surface area contributed by atoms with Crippen molar-refractivity contribution in [3.05, 3.63) is 76.2 Å². The van der Waals surface area contributed by atoms with Crippen LogP contribution >= 0.6 is 23.4 Å². The van der Waals surface area contributed by atoms with Crippen LogP contribution in [0, 0.1) is 17.1 Å². The quantitative estimate of drug-likeness (QED) is 0.471. The molecule has 0 atom stereocenters. The normalized spacial score (nSPS) is 10.6. The number of anilines is 1. The Morgan fingerprint density at radius 1 is 1.23 bits per heavy atom. The number of amides is 1. The Kier molecular flexibility index (Phi) is 7.93. The van der Waals surface area contributed by atoms with Crippen LogP contribution in [0.4, 0.5) is 10.2 Å². The lowest BCUT2D eigenvalue weighted by molar-refractivity contribution is -0.118. The first-order valence-electron chi connectivity index (χ1n) is 9.60. The standard InChI is InChI=1S/C22H21ClFN5OS/c23-16-5-3-15(4-6-16)13-31-14-21(30)27-11-1-2-20-19(12-25)22(26)29(28-20)18-9-7-17(24)8-10-18/h3-10H,1-2,11,13-14,26H2,(H,27,30). The molecule has 6 nitrogen and oxygen atoms in total. The summed E-state index contributed by atoms with van der Waals surface area (Å²) in [6, 6.07) is 15.3. The van der Waals surface area contributed by atoms with Gasteiger partial charge in [0.25, 0.3) is 0 Å². The minimum atomic E-state index is -0.364. The van der Waals surface area contributed by atoms with Crippen LogP contribution in [0.1, 0.15) is 23.2 Å². The predicted molar refractivity (Wildman–Crippen MR) is 122 cm³/mol. The van der Waals surface area contributed by atoms with Gasteiger partial charge in [0.2, 0.25) is 5.91 Å². The van der Waals surface area contributed by atoms with Gasteiger partial charge in [-0.05, 0) is 54.8 Å². The zero-order valence-corrected chi connectivity index (χ0v) is 18.2. The van der Waals surface area contributed by atoms with E-state index in [1.54, 1.807) is 12.1 Å². The van der Waals surface area contributed by atoms with Crippen molar-refractivity contribution in [2.75, 3.05) is 18.0 Å². The highest BCUT2D eigenvalue weighted by Gasteiger charge is 2.16. The van der Waals surface area contributed by atoms with Crippen LogP contribution in [0.5, 0.6) is 0 Å². The SMILES string of the molecule is N#Cc1c(CCCNC(=O)CSCc2ccc(Cl)cc2)nn(-c2ccc(F)cc2)c1N. The molecule has 1 amide bonds. The van der Waals surface area contributed by atoms with E-state index in [2.05, 4.69) is 16.5 Å². The van der Waals surface area contributed by atoms with Crippen molar-refractivity contribution in [2.45, 2.75) is 18.6 Å². The second-order valence-corrected chi connectivity index (χ2v) is 8.20.